The van der Waals surface area contributed by atoms with Crippen molar-refractivity contribution in [2.45, 2.75) is 37.4 Å². The van der Waals surface area contributed by atoms with Crippen LogP contribution in [0.5, 0.6) is 11.5 Å². The third-order valence-corrected chi connectivity index (χ3v) is 7.98. The van der Waals surface area contributed by atoms with Gasteiger partial charge in [-0.15, -0.1) is 6.42 Å². The molecule has 0 aliphatic carbocycles. The normalized spacial score (nSPS) is 16.5. The van der Waals surface area contributed by atoms with Gasteiger partial charge in [-0.2, -0.15) is 0 Å². The zero-order valence-corrected chi connectivity index (χ0v) is 21.3. The van der Waals surface area contributed by atoms with Crippen LogP contribution in [0.2, 0.25) is 0 Å². The van der Waals surface area contributed by atoms with Crippen LogP contribution in [0.3, 0.4) is 0 Å². The molecular formula is C27H25FNO7P. The minimum Gasteiger partial charge on any atom is -0.480 e. The number of hydrogen-bond acceptors (Lipinski definition) is 6. The highest BCUT2D eigenvalue weighted by molar-refractivity contribution is 7.42. The Hall–Kier alpha value is -3.70. The molecule has 3 atom stereocenters. The number of para-hydroxylation sites is 1. The van der Waals surface area contributed by atoms with E-state index in [4.69, 9.17) is 20.9 Å². The Kier molecular flexibility index (Phi) is 6.87. The Morgan fingerprint density at radius 1 is 1.19 bits per heavy atom. The maximum Gasteiger partial charge on any atom is 0.335 e. The SMILES string of the molecule is C#CC(C(=O)O)([PH](=O)O)C(C)(O)c1c(-c2ccc(F)cc2)cc(-c2cccc3c2OCO3)nc1C(C)C. The lowest BCUT2D eigenvalue weighted by atomic mass is 9.76. The molecule has 0 spiro atoms. The number of pyridine rings is 1. The molecule has 0 saturated carbocycles. The number of rotatable bonds is 7. The molecule has 0 amide bonds. The molecule has 0 radical (unpaired) electrons. The summed E-state index contributed by atoms with van der Waals surface area (Å²) < 4.78 is 37.5. The van der Waals surface area contributed by atoms with Crippen molar-refractivity contribution in [1.82, 2.24) is 4.98 Å². The van der Waals surface area contributed by atoms with Crippen LogP contribution in [0.1, 0.15) is 37.9 Å². The van der Waals surface area contributed by atoms with Gasteiger partial charge in [-0.1, -0.05) is 38.0 Å². The first kappa shape index (κ1) is 26.4. The summed E-state index contributed by atoms with van der Waals surface area (Å²) in [6.45, 7) is 4.66. The molecule has 192 valence electrons. The van der Waals surface area contributed by atoms with E-state index in [1.54, 1.807) is 38.1 Å². The van der Waals surface area contributed by atoms with E-state index in [-0.39, 0.29) is 23.6 Å². The van der Waals surface area contributed by atoms with Gasteiger partial charge in [0.05, 0.1) is 11.4 Å². The van der Waals surface area contributed by atoms with Crippen LogP contribution in [0.4, 0.5) is 4.39 Å². The second-order valence-corrected chi connectivity index (χ2v) is 10.5. The number of nitrogens with zero attached hydrogens (tertiary/aromatic N) is 1. The summed E-state index contributed by atoms with van der Waals surface area (Å²) in [4.78, 5) is 27.3. The maximum atomic E-state index is 13.8. The van der Waals surface area contributed by atoms with E-state index in [1.165, 1.54) is 24.3 Å². The maximum absolute atomic E-state index is 13.8. The summed E-state index contributed by atoms with van der Waals surface area (Å²) in [6.07, 6.45) is 5.52. The molecule has 4 rings (SSSR count). The highest BCUT2D eigenvalue weighted by atomic mass is 31.1. The van der Waals surface area contributed by atoms with Crippen LogP contribution in [0.15, 0.2) is 48.5 Å². The predicted octanol–water partition coefficient (Wildman–Crippen LogP) is 4.54. The molecule has 1 aliphatic rings. The van der Waals surface area contributed by atoms with Gasteiger partial charge >= 0.3 is 5.97 Å². The molecule has 8 nitrogen and oxygen atoms in total. The molecule has 10 heteroatoms. The van der Waals surface area contributed by atoms with Crippen LogP contribution in [-0.4, -0.2) is 38.0 Å². The van der Waals surface area contributed by atoms with E-state index in [0.717, 1.165) is 6.92 Å². The van der Waals surface area contributed by atoms with E-state index in [2.05, 4.69) is 0 Å². The number of terminal acetylenes is 1. The number of aromatic nitrogens is 1. The van der Waals surface area contributed by atoms with Gasteiger partial charge in [-0.05, 0) is 54.3 Å². The third-order valence-electron chi connectivity index (χ3n) is 6.50. The number of halogens is 1. The number of aliphatic carboxylic acids is 1. The summed E-state index contributed by atoms with van der Waals surface area (Å²) in [6, 6.07) is 12.2. The minimum atomic E-state index is -4.06. The van der Waals surface area contributed by atoms with Crippen molar-refractivity contribution in [1.29, 1.82) is 0 Å². The fourth-order valence-electron chi connectivity index (χ4n) is 4.58. The Labute approximate surface area is 213 Å². The second-order valence-electron chi connectivity index (χ2n) is 9.09. The number of hydrogen-bond donors (Lipinski definition) is 3. The first-order valence-electron chi connectivity index (χ1n) is 11.3. The molecule has 3 N–H and O–H groups in total. The van der Waals surface area contributed by atoms with Crippen molar-refractivity contribution in [2.24, 2.45) is 0 Å². The first-order valence-corrected chi connectivity index (χ1v) is 12.7. The van der Waals surface area contributed by atoms with E-state index in [0.29, 0.717) is 28.3 Å². The number of fused-ring (bicyclic) bond motifs is 1. The Morgan fingerprint density at radius 3 is 2.43 bits per heavy atom. The number of aliphatic hydroxyl groups is 1. The lowest BCUT2D eigenvalue weighted by Gasteiger charge is -2.39. The minimum absolute atomic E-state index is 0.0229. The number of carbonyl (C=O) groups is 1. The Bertz CT molecular complexity index is 1430. The van der Waals surface area contributed by atoms with Gasteiger partial charge in [-0.25, -0.2) is 9.18 Å². The largest absolute Gasteiger partial charge is 0.480 e. The number of carboxylic acids is 1. The smallest absolute Gasteiger partial charge is 0.335 e. The van der Waals surface area contributed by atoms with Gasteiger partial charge in [-0.3, -0.25) is 9.55 Å². The van der Waals surface area contributed by atoms with Crippen molar-refractivity contribution in [3.8, 4) is 46.2 Å². The molecule has 3 unspecified atom stereocenters. The fraction of sp³-hybridized carbons (Fsp3) is 0.259. The second kappa shape index (κ2) is 9.64. The molecule has 2 heterocycles. The molecular weight excluding hydrogens is 500 g/mol. The topological polar surface area (TPSA) is 126 Å². The van der Waals surface area contributed by atoms with E-state index < -0.39 is 36.5 Å². The Morgan fingerprint density at radius 2 is 1.86 bits per heavy atom. The highest BCUT2D eigenvalue weighted by Gasteiger charge is 2.60. The molecule has 1 aliphatic heterocycles. The molecule has 2 aromatic carbocycles. The van der Waals surface area contributed by atoms with Crippen molar-refractivity contribution in [3.63, 3.8) is 0 Å². The molecule has 3 aromatic rings. The first-order chi connectivity index (χ1) is 17.5. The number of carboxylic acid groups (broad SMARTS) is 1. The van der Waals surface area contributed by atoms with Crippen molar-refractivity contribution in [2.75, 3.05) is 6.79 Å². The summed E-state index contributed by atoms with van der Waals surface area (Å²) in [5.74, 6) is 0.124. The van der Waals surface area contributed by atoms with Gasteiger partial charge < -0.3 is 24.6 Å². The summed E-state index contributed by atoms with van der Waals surface area (Å²) >= 11 is 0. The van der Waals surface area contributed by atoms with Gasteiger partial charge in [0.25, 0.3) is 0 Å². The molecule has 0 fully saturated rings. The predicted molar refractivity (Wildman–Crippen MR) is 135 cm³/mol. The lowest BCUT2D eigenvalue weighted by Crippen LogP contribution is -2.53. The summed E-state index contributed by atoms with van der Waals surface area (Å²) in [5, 5.41) is 19.0. The highest BCUT2D eigenvalue weighted by Crippen LogP contribution is 2.53. The average molecular weight is 525 g/mol. The van der Waals surface area contributed by atoms with Crippen molar-refractivity contribution >= 4 is 14.0 Å². The van der Waals surface area contributed by atoms with Gasteiger partial charge in [0, 0.05) is 11.1 Å². The quantitative estimate of drug-likeness (QED) is 0.303. The fourth-order valence-corrected chi connectivity index (χ4v) is 5.43. The van der Waals surface area contributed by atoms with Crippen LogP contribution in [0.25, 0.3) is 22.4 Å². The van der Waals surface area contributed by atoms with E-state index in [1.807, 2.05) is 5.92 Å². The zero-order chi connectivity index (χ0) is 27.1. The van der Waals surface area contributed by atoms with Crippen LogP contribution >= 0.6 is 8.03 Å². The Balaban J connectivity index is 2.14. The average Bonchev–Trinajstić information content (AvgIpc) is 3.33. The zero-order valence-electron chi connectivity index (χ0n) is 20.3. The molecule has 37 heavy (non-hydrogen) atoms. The van der Waals surface area contributed by atoms with Crippen LogP contribution in [0, 0.1) is 18.2 Å². The third kappa shape index (κ3) is 4.17. The van der Waals surface area contributed by atoms with Gasteiger partial charge in [0.2, 0.25) is 20.0 Å². The molecule has 0 bridgehead atoms. The van der Waals surface area contributed by atoms with Gasteiger partial charge in [0.1, 0.15) is 11.4 Å². The monoisotopic (exact) mass is 525 g/mol. The molecule has 0 saturated heterocycles. The van der Waals surface area contributed by atoms with E-state index in [9.17, 15) is 28.9 Å². The summed E-state index contributed by atoms with van der Waals surface area (Å²) in [7, 11) is -4.06. The summed E-state index contributed by atoms with van der Waals surface area (Å²) in [5.41, 5.74) is -0.726. The number of benzene rings is 2. The lowest BCUT2D eigenvalue weighted by molar-refractivity contribution is -0.145. The van der Waals surface area contributed by atoms with Crippen molar-refractivity contribution in [3.05, 3.63) is 65.6 Å². The van der Waals surface area contributed by atoms with Gasteiger partial charge in [0.15, 0.2) is 11.5 Å². The molecule has 1 aromatic heterocycles. The van der Waals surface area contributed by atoms with Crippen LogP contribution in [-0.2, 0) is 15.0 Å². The standard InChI is InChI=1S/C27H25FNO7P/c1-5-27(25(30)31,37(33)34)26(4,32)22-19(16-9-11-17(28)12-10-16)13-20(29-23(22)15(2)3)18-7-6-8-21-24(18)36-14-35-21/h1,6-13,15,32,37H,14H2,2-4H3,(H,30,31)(H,33,34). The van der Waals surface area contributed by atoms with Crippen molar-refractivity contribution < 1.29 is 38.3 Å². The number of ether oxygens (including phenoxy) is 2. The van der Waals surface area contributed by atoms with Crippen LogP contribution < -0.4 is 9.47 Å². The van der Waals surface area contributed by atoms with E-state index >= 15 is 0 Å².